The summed E-state index contributed by atoms with van der Waals surface area (Å²) in [5, 5.41) is 9.79. The van der Waals surface area contributed by atoms with Crippen LogP contribution in [0.1, 0.15) is 48.7 Å². The summed E-state index contributed by atoms with van der Waals surface area (Å²) in [6, 6.07) is 6.43. The molecule has 1 fully saturated rings. The van der Waals surface area contributed by atoms with Crippen molar-refractivity contribution in [1.82, 2.24) is 14.8 Å². The Hall–Kier alpha value is -3.24. The highest BCUT2D eigenvalue weighted by Crippen LogP contribution is 2.31. The minimum atomic E-state index is -0.821. The SMILES string of the molecule is CCn1nc(C)c2cc(N(N)c3nc(N[C@@H]4CCCC[C@@H]4N)c(F)cc3C(N)=O)ccc21. The van der Waals surface area contributed by atoms with Gasteiger partial charge in [0.25, 0.3) is 5.91 Å². The number of halogens is 1. The molecule has 0 bridgehead atoms. The molecule has 1 aromatic carbocycles. The van der Waals surface area contributed by atoms with Gasteiger partial charge in [-0.1, -0.05) is 12.8 Å². The van der Waals surface area contributed by atoms with Crippen LogP contribution in [0.5, 0.6) is 0 Å². The first-order chi connectivity index (χ1) is 15.3. The quantitative estimate of drug-likeness (QED) is 0.341. The number of rotatable bonds is 6. The molecule has 7 N–H and O–H groups in total. The largest absolute Gasteiger partial charge is 0.365 e. The molecule has 9 nitrogen and oxygen atoms in total. The second-order valence-electron chi connectivity index (χ2n) is 8.23. The summed E-state index contributed by atoms with van der Waals surface area (Å²) in [5.74, 6) is 4.94. The van der Waals surface area contributed by atoms with Crippen molar-refractivity contribution in [2.75, 3.05) is 10.3 Å². The smallest absolute Gasteiger partial charge is 0.252 e. The van der Waals surface area contributed by atoms with Gasteiger partial charge in [-0.3, -0.25) is 14.5 Å². The van der Waals surface area contributed by atoms with Crippen LogP contribution in [-0.4, -0.2) is 32.8 Å². The average molecular weight is 441 g/mol. The van der Waals surface area contributed by atoms with Crippen LogP contribution in [0.15, 0.2) is 24.3 Å². The molecular formula is C22H29FN8O. The number of benzene rings is 1. The average Bonchev–Trinajstić information content (AvgIpc) is 3.10. The number of amides is 1. The van der Waals surface area contributed by atoms with E-state index in [4.69, 9.17) is 17.3 Å². The monoisotopic (exact) mass is 440 g/mol. The number of hydrogen-bond donors (Lipinski definition) is 4. The van der Waals surface area contributed by atoms with Crippen molar-refractivity contribution in [2.24, 2.45) is 17.3 Å². The van der Waals surface area contributed by atoms with Crippen molar-refractivity contribution >= 4 is 34.1 Å². The molecule has 0 unspecified atom stereocenters. The summed E-state index contributed by atoms with van der Waals surface area (Å²) in [6.07, 6.45) is 3.74. The maximum absolute atomic E-state index is 14.8. The van der Waals surface area contributed by atoms with Crippen molar-refractivity contribution in [1.29, 1.82) is 0 Å². The van der Waals surface area contributed by atoms with Crippen molar-refractivity contribution in [3.63, 3.8) is 0 Å². The van der Waals surface area contributed by atoms with Crippen LogP contribution in [0.3, 0.4) is 0 Å². The third-order valence-corrected chi connectivity index (χ3v) is 6.09. The number of carbonyl (C=O) groups excluding carboxylic acids is 1. The van der Waals surface area contributed by atoms with E-state index in [2.05, 4.69) is 15.4 Å². The van der Waals surface area contributed by atoms with Crippen LogP contribution in [0.2, 0.25) is 0 Å². The molecule has 0 radical (unpaired) electrons. The van der Waals surface area contributed by atoms with Gasteiger partial charge in [-0.05, 0) is 51.0 Å². The molecule has 0 saturated heterocycles. The number of nitrogens with one attached hydrogen (secondary N) is 1. The van der Waals surface area contributed by atoms with Gasteiger partial charge in [0, 0.05) is 24.0 Å². The van der Waals surface area contributed by atoms with Crippen molar-refractivity contribution < 1.29 is 9.18 Å². The highest BCUT2D eigenvalue weighted by atomic mass is 19.1. The highest BCUT2D eigenvalue weighted by molar-refractivity contribution is 5.99. The van der Waals surface area contributed by atoms with Gasteiger partial charge < -0.3 is 16.8 Å². The maximum Gasteiger partial charge on any atom is 0.252 e. The molecule has 32 heavy (non-hydrogen) atoms. The summed E-state index contributed by atoms with van der Waals surface area (Å²) < 4.78 is 16.7. The highest BCUT2D eigenvalue weighted by Gasteiger charge is 2.26. The lowest BCUT2D eigenvalue weighted by Gasteiger charge is -2.30. The predicted octanol–water partition coefficient (Wildman–Crippen LogP) is 2.69. The van der Waals surface area contributed by atoms with Crippen molar-refractivity contribution in [3.05, 3.63) is 41.3 Å². The fraction of sp³-hybridized carbons (Fsp3) is 0.409. The normalized spacial score (nSPS) is 18.7. The molecule has 0 aliphatic heterocycles. The number of nitrogens with zero attached hydrogens (tertiary/aromatic N) is 4. The first-order valence-electron chi connectivity index (χ1n) is 10.8. The Morgan fingerprint density at radius 2 is 2.06 bits per heavy atom. The lowest BCUT2D eigenvalue weighted by Crippen LogP contribution is -2.43. The van der Waals surface area contributed by atoms with Gasteiger partial charge in [0.05, 0.1) is 22.5 Å². The maximum atomic E-state index is 14.8. The third kappa shape index (κ3) is 3.98. The van der Waals surface area contributed by atoms with Crippen LogP contribution in [0.4, 0.5) is 21.7 Å². The molecule has 4 rings (SSSR count). The molecule has 2 aromatic heterocycles. The minimum absolute atomic E-state index is 0.00105. The molecule has 2 atom stereocenters. The predicted molar refractivity (Wildman–Crippen MR) is 123 cm³/mol. The number of hydrazine groups is 1. The Bertz CT molecular complexity index is 1160. The van der Waals surface area contributed by atoms with Crippen LogP contribution >= 0.6 is 0 Å². The first kappa shape index (κ1) is 22.0. The molecule has 2 heterocycles. The Kier molecular flexibility index (Phi) is 5.98. The number of primary amides is 1. The number of fused-ring (bicyclic) bond motifs is 1. The second kappa shape index (κ2) is 8.71. The van der Waals surface area contributed by atoms with Gasteiger partial charge >= 0.3 is 0 Å². The first-order valence-corrected chi connectivity index (χ1v) is 10.8. The number of carbonyl (C=O) groups is 1. The van der Waals surface area contributed by atoms with E-state index < -0.39 is 11.7 Å². The van der Waals surface area contributed by atoms with E-state index in [1.807, 2.05) is 30.7 Å². The molecular weight excluding hydrogens is 411 g/mol. The molecule has 10 heteroatoms. The van der Waals surface area contributed by atoms with Crippen molar-refractivity contribution in [3.8, 4) is 0 Å². The van der Waals surface area contributed by atoms with E-state index in [9.17, 15) is 9.18 Å². The summed E-state index contributed by atoms with van der Waals surface area (Å²) >= 11 is 0. The van der Waals surface area contributed by atoms with E-state index in [0.717, 1.165) is 54.9 Å². The molecule has 3 aromatic rings. The number of nitrogens with two attached hydrogens (primary N) is 3. The van der Waals surface area contributed by atoms with E-state index in [1.54, 1.807) is 6.07 Å². The number of hydrogen-bond acceptors (Lipinski definition) is 7. The molecule has 170 valence electrons. The van der Waals surface area contributed by atoms with E-state index in [0.29, 0.717) is 5.69 Å². The molecule has 1 saturated carbocycles. The molecule has 1 aliphatic rings. The zero-order valence-electron chi connectivity index (χ0n) is 18.3. The standard InChI is InChI=1S/C22H29FN8O/c1-3-30-19-9-8-13(10-14(19)12(2)29-30)31(26)22-15(20(25)32)11-16(23)21(28-22)27-18-7-5-4-6-17(18)24/h8-11,17-18H,3-7,24,26H2,1-2H3,(H2,25,32)(H,27,28)/t17-,18+/m0/s1. The summed E-state index contributed by atoms with van der Waals surface area (Å²) in [4.78, 5) is 16.4. The lowest BCUT2D eigenvalue weighted by atomic mass is 9.91. The van der Waals surface area contributed by atoms with Gasteiger partial charge in [-0.15, -0.1) is 0 Å². The van der Waals surface area contributed by atoms with Crippen LogP contribution in [0, 0.1) is 12.7 Å². The fourth-order valence-electron chi connectivity index (χ4n) is 4.30. The van der Waals surface area contributed by atoms with Gasteiger partial charge in [0.2, 0.25) is 0 Å². The number of pyridine rings is 1. The van der Waals surface area contributed by atoms with Gasteiger partial charge in [0.15, 0.2) is 17.5 Å². The Labute approximate surface area is 185 Å². The Morgan fingerprint density at radius 1 is 1.31 bits per heavy atom. The Balaban J connectivity index is 1.74. The summed E-state index contributed by atoms with van der Waals surface area (Å²) in [6.45, 7) is 4.67. The van der Waals surface area contributed by atoms with Crippen molar-refractivity contribution in [2.45, 2.75) is 58.2 Å². The van der Waals surface area contributed by atoms with Crippen LogP contribution in [0.25, 0.3) is 10.9 Å². The number of anilines is 3. The number of aromatic nitrogens is 3. The molecule has 1 aliphatic carbocycles. The van der Waals surface area contributed by atoms with E-state index >= 15 is 0 Å². The number of aryl methyl sites for hydroxylation is 2. The van der Waals surface area contributed by atoms with Gasteiger partial charge in [-0.2, -0.15) is 5.10 Å². The fourth-order valence-corrected chi connectivity index (χ4v) is 4.30. The molecule has 1 amide bonds. The zero-order valence-corrected chi connectivity index (χ0v) is 18.3. The van der Waals surface area contributed by atoms with E-state index in [1.165, 1.54) is 5.01 Å². The summed E-state index contributed by atoms with van der Waals surface area (Å²) in [7, 11) is 0. The van der Waals surface area contributed by atoms with Gasteiger partial charge in [-0.25, -0.2) is 15.2 Å². The lowest BCUT2D eigenvalue weighted by molar-refractivity contribution is 0.1000. The Morgan fingerprint density at radius 3 is 2.75 bits per heavy atom. The topological polar surface area (TPSA) is 141 Å². The van der Waals surface area contributed by atoms with Crippen LogP contribution < -0.4 is 27.6 Å². The van der Waals surface area contributed by atoms with Gasteiger partial charge in [0.1, 0.15) is 0 Å². The van der Waals surface area contributed by atoms with Crippen LogP contribution in [-0.2, 0) is 6.54 Å². The summed E-state index contributed by atoms with van der Waals surface area (Å²) in [5.41, 5.74) is 14.0. The minimum Gasteiger partial charge on any atom is -0.365 e. The molecule has 0 spiro atoms. The van der Waals surface area contributed by atoms with E-state index in [-0.39, 0.29) is 29.3 Å². The second-order valence-corrected chi connectivity index (χ2v) is 8.23. The third-order valence-electron chi connectivity index (χ3n) is 6.09. The zero-order chi connectivity index (χ0) is 23.0.